The molecule has 0 atom stereocenters. The Balaban J connectivity index is 1.85. The number of hydrogen-bond acceptors (Lipinski definition) is 5. The average Bonchev–Trinajstić information content (AvgIpc) is 3.31. The first-order valence-electron chi connectivity index (χ1n) is 12.0. The number of ether oxygens (including phenoxy) is 2. The molecule has 10 heteroatoms. The van der Waals surface area contributed by atoms with E-state index in [0.29, 0.717) is 37.2 Å². The van der Waals surface area contributed by atoms with Crippen LogP contribution in [0.5, 0.6) is 5.75 Å². The van der Waals surface area contributed by atoms with Crippen LogP contribution in [0.1, 0.15) is 29.7 Å². The van der Waals surface area contributed by atoms with E-state index in [9.17, 15) is 21.6 Å². The van der Waals surface area contributed by atoms with Crippen LogP contribution in [0.15, 0.2) is 83.9 Å². The van der Waals surface area contributed by atoms with Gasteiger partial charge in [-0.1, -0.05) is 42.5 Å². The molecule has 0 saturated carbocycles. The monoisotopic (exact) mass is 542 g/mol. The minimum atomic E-state index is -4.65. The highest BCUT2D eigenvalue weighted by atomic mass is 32.2. The lowest BCUT2D eigenvalue weighted by Crippen LogP contribution is -2.19. The standard InChI is InChI=1S/C28H25F3N2O4S/c1-36-21-16-20-17-26(33(27(20)32-18-21)38(34,35)22-7-3-2-4-8-22)24(15-19-11-13-37-14-12-19)23-9-5-6-10-25(23)28(29,30)31/h2-10,15-19H,11-14H2,1H3. The summed E-state index contributed by atoms with van der Waals surface area (Å²) in [6, 6.07) is 16.1. The molecule has 0 unspecified atom stereocenters. The molecule has 0 bridgehead atoms. The first-order chi connectivity index (χ1) is 18.2. The number of allylic oxidation sites excluding steroid dienone is 1. The predicted molar refractivity (Wildman–Crippen MR) is 137 cm³/mol. The van der Waals surface area contributed by atoms with Crippen molar-refractivity contribution in [2.75, 3.05) is 20.3 Å². The number of pyridine rings is 1. The fraction of sp³-hybridized carbons (Fsp3) is 0.250. The molecule has 0 N–H and O–H groups in total. The van der Waals surface area contributed by atoms with Crippen LogP contribution < -0.4 is 4.74 Å². The van der Waals surface area contributed by atoms with Gasteiger partial charge in [-0.05, 0) is 54.7 Å². The van der Waals surface area contributed by atoms with E-state index in [0.717, 1.165) is 10.0 Å². The molecule has 6 nitrogen and oxygen atoms in total. The Bertz CT molecular complexity index is 1590. The maximum absolute atomic E-state index is 14.2. The molecule has 1 aliphatic rings. The molecule has 0 aliphatic carbocycles. The predicted octanol–water partition coefficient (Wildman–Crippen LogP) is 6.16. The van der Waals surface area contributed by atoms with Gasteiger partial charge in [-0.3, -0.25) is 0 Å². The van der Waals surface area contributed by atoms with Crippen molar-refractivity contribution in [3.63, 3.8) is 0 Å². The maximum Gasteiger partial charge on any atom is 0.417 e. The van der Waals surface area contributed by atoms with E-state index in [1.165, 1.54) is 43.6 Å². The zero-order valence-electron chi connectivity index (χ0n) is 20.5. The summed E-state index contributed by atoms with van der Waals surface area (Å²) >= 11 is 0. The van der Waals surface area contributed by atoms with E-state index < -0.39 is 21.8 Å². The van der Waals surface area contributed by atoms with Crippen molar-refractivity contribution < 1.29 is 31.1 Å². The summed E-state index contributed by atoms with van der Waals surface area (Å²) in [5.74, 6) is 0.289. The third-order valence-corrected chi connectivity index (χ3v) is 8.28. The zero-order chi connectivity index (χ0) is 26.9. The van der Waals surface area contributed by atoms with Crippen molar-refractivity contribution in [1.82, 2.24) is 8.96 Å². The number of benzene rings is 2. The highest BCUT2D eigenvalue weighted by Crippen LogP contribution is 2.40. The fourth-order valence-corrected chi connectivity index (χ4v) is 6.19. The normalized spacial score (nSPS) is 15.6. The molecule has 38 heavy (non-hydrogen) atoms. The second-order valence-electron chi connectivity index (χ2n) is 8.97. The van der Waals surface area contributed by atoms with Gasteiger partial charge in [0.15, 0.2) is 5.65 Å². The van der Waals surface area contributed by atoms with E-state index in [1.807, 2.05) is 0 Å². The molecule has 0 amide bonds. The van der Waals surface area contributed by atoms with Crippen molar-refractivity contribution >= 4 is 26.6 Å². The van der Waals surface area contributed by atoms with Gasteiger partial charge in [-0.2, -0.15) is 13.2 Å². The van der Waals surface area contributed by atoms with Crippen molar-refractivity contribution in [3.8, 4) is 5.75 Å². The number of halogens is 3. The lowest BCUT2D eigenvalue weighted by atomic mass is 9.90. The fourth-order valence-electron chi connectivity index (χ4n) is 4.69. The summed E-state index contributed by atoms with van der Waals surface area (Å²) in [4.78, 5) is 4.34. The van der Waals surface area contributed by atoms with E-state index >= 15 is 0 Å². The third-order valence-electron chi connectivity index (χ3n) is 6.56. The average molecular weight is 543 g/mol. The van der Waals surface area contributed by atoms with Gasteiger partial charge in [0.2, 0.25) is 0 Å². The van der Waals surface area contributed by atoms with Gasteiger partial charge in [0.25, 0.3) is 10.0 Å². The number of aromatic nitrogens is 2. The van der Waals surface area contributed by atoms with Crippen LogP contribution in [0, 0.1) is 5.92 Å². The lowest BCUT2D eigenvalue weighted by molar-refractivity contribution is -0.137. The summed E-state index contributed by atoms with van der Waals surface area (Å²) in [5.41, 5.74) is -0.607. The minimum Gasteiger partial charge on any atom is -0.495 e. The van der Waals surface area contributed by atoms with Gasteiger partial charge in [-0.15, -0.1) is 0 Å². The van der Waals surface area contributed by atoms with Crippen molar-refractivity contribution in [2.24, 2.45) is 5.92 Å². The van der Waals surface area contributed by atoms with Crippen molar-refractivity contribution in [2.45, 2.75) is 23.9 Å². The van der Waals surface area contributed by atoms with E-state index in [2.05, 4.69) is 4.98 Å². The molecule has 0 spiro atoms. The van der Waals surface area contributed by atoms with Gasteiger partial charge in [0.1, 0.15) is 5.75 Å². The van der Waals surface area contributed by atoms with E-state index in [-0.39, 0.29) is 33.3 Å². The molecule has 3 heterocycles. The molecule has 1 saturated heterocycles. The number of fused-ring (bicyclic) bond motifs is 1. The summed E-state index contributed by atoms with van der Waals surface area (Å²) in [6.45, 7) is 0.943. The van der Waals surface area contributed by atoms with E-state index in [4.69, 9.17) is 9.47 Å². The second-order valence-corrected chi connectivity index (χ2v) is 10.8. The second kappa shape index (κ2) is 10.3. The van der Waals surface area contributed by atoms with E-state index in [1.54, 1.807) is 36.4 Å². The summed E-state index contributed by atoms with van der Waals surface area (Å²) < 4.78 is 82.4. The zero-order valence-corrected chi connectivity index (χ0v) is 21.3. The van der Waals surface area contributed by atoms with Crippen LogP contribution in [0.3, 0.4) is 0 Å². The van der Waals surface area contributed by atoms with Crippen molar-refractivity contribution in [1.29, 1.82) is 0 Å². The largest absolute Gasteiger partial charge is 0.495 e. The van der Waals surface area contributed by atoms with Gasteiger partial charge in [-0.25, -0.2) is 17.4 Å². The highest BCUT2D eigenvalue weighted by Gasteiger charge is 2.36. The maximum atomic E-state index is 14.2. The molecule has 0 radical (unpaired) electrons. The molecular formula is C28H25F3N2O4S. The van der Waals surface area contributed by atoms with Crippen LogP contribution in [0.4, 0.5) is 13.2 Å². The number of methoxy groups -OCH3 is 1. The third kappa shape index (κ3) is 4.93. The van der Waals surface area contributed by atoms with Gasteiger partial charge >= 0.3 is 6.18 Å². The summed E-state index contributed by atoms with van der Waals surface area (Å²) in [7, 11) is -2.79. The molecule has 198 valence electrons. The SMILES string of the molecule is COc1cnc2c(c1)cc(C(=CC1CCOCC1)c1ccccc1C(F)(F)F)n2S(=O)(=O)c1ccccc1. The molecule has 5 rings (SSSR count). The van der Waals surface area contributed by atoms with Crippen LogP contribution >= 0.6 is 0 Å². The molecule has 4 aromatic rings. The Morgan fingerprint density at radius 3 is 2.42 bits per heavy atom. The Kier molecular flexibility index (Phi) is 7.02. The lowest BCUT2D eigenvalue weighted by Gasteiger charge is -2.23. The Labute approximate surface area is 218 Å². The van der Waals surface area contributed by atoms with Crippen molar-refractivity contribution in [3.05, 3.63) is 95.8 Å². The highest BCUT2D eigenvalue weighted by molar-refractivity contribution is 7.90. The molecule has 1 fully saturated rings. The van der Waals surface area contributed by atoms with Crippen LogP contribution in [0.25, 0.3) is 16.6 Å². The number of alkyl halides is 3. The quantitative estimate of drug-likeness (QED) is 0.292. The minimum absolute atomic E-state index is 0.00843. The molecule has 1 aliphatic heterocycles. The molecular weight excluding hydrogens is 517 g/mol. The Hall–Kier alpha value is -3.63. The van der Waals surface area contributed by atoms with Crippen LogP contribution in [0.2, 0.25) is 0 Å². The van der Waals surface area contributed by atoms with Gasteiger partial charge in [0.05, 0.1) is 29.5 Å². The molecule has 2 aromatic carbocycles. The van der Waals surface area contributed by atoms with Crippen LogP contribution in [-0.2, 0) is 20.9 Å². The van der Waals surface area contributed by atoms with Gasteiger partial charge in [0, 0.05) is 24.2 Å². The first kappa shape index (κ1) is 26.0. The number of rotatable bonds is 6. The number of nitrogens with zero attached hydrogens (tertiary/aromatic N) is 2. The summed E-state index contributed by atoms with van der Waals surface area (Å²) in [5, 5.41) is 0.418. The number of hydrogen-bond donors (Lipinski definition) is 0. The summed E-state index contributed by atoms with van der Waals surface area (Å²) in [6.07, 6.45) is -0.309. The van der Waals surface area contributed by atoms with Crippen LogP contribution in [-0.4, -0.2) is 37.7 Å². The Morgan fingerprint density at radius 2 is 1.74 bits per heavy atom. The Morgan fingerprint density at radius 1 is 1.05 bits per heavy atom. The van der Waals surface area contributed by atoms with Gasteiger partial charge < -0.3 is 9.47 Å². The molecule has 2 aromatic heterocycles. The smallest absolute Gasteiger partial charge is 0.417 e. The first-order valence-corrected chi connectivity index (χ1v) is 13.5. The topological polar surface area (TPSA) is 70.4 Å².